The van der Waals surface area contributed by atoms with Gasteiger partial charge in [0, 0.05) is 38.6 Å². The molecule has 3 nitrogen and oxygen atoms in total. The summed E-state index contributed by atoms with van der Waals surface area (Å²) in [6.07, 6.45) is 0. The number of nitrogens with zero attached hydrogens (tertiary/aromatic N) is 1. The van der Waals surface area contributed by atoms with Gasteiger partial charge >= 0.3 is 0 Å². The predicted molar refractivity (Wildman–Crippen MR) is 263 cm³/mol. The van der Waals surface area contributed by atoms with Crippen LogP contribution in [0.3, 0.4) is 0 Å². The van der Waals surface area contributed by atoms with E-state index in [9.17, 15) is 0 Å². The summed E-state index contributed by atoms with van der Waals surface area (Å²) in [4.78, 5) is 2.33. The lowest BCUT2D eigenvalue weighted by Crippen LogP contribution is -2.09. The average Bonchev–Trinajstić information content (AvgIpc) is 3.91. The van der Waals surface area contributed by atoms with Crippen LogP contribution in [0, 0.1) is 0 Å². The van der Waals surface area contributed by atoms with Crippen LogP contribution >= 0.6 is 0 Å². The second kappa shape index (κ2) is 15.3. The molecule has 3 heteroatoms. The van der Waals surface area contributed by atoms with Crippen molar-refractivity contribution in [1.29, 1.82) is 0 Å². The topological polar surface area (TPSA) is 29.5 Å². The molecule has 0 spiro atoms. The van der Waals surface area contributed by atoms with Crippen molar-refractivity contribution < 1.29 is 8.83 Å². The molecule has 2 aromatic heterocycles. The first-order chi connectivity index (χ1) is 31.2. The molecule has 0 aliphatic heterocycles. The van der Waals surface area contributed by atoms with Gasteiger partial charge in [0.15, 0.2) is 0 Å². The third kappa shape index (κ3) is 6.73. The van der Waals surface area contributed by atoms with Gasteiger partial charge in [0.2, 0.25) is 0 Å². The molecule has 12 rings (SSSR count). The van der Waals surface area contributed by atoms with Crippen molar-refractivity contribution in [3.63, 3.8) is 0 Å². The van der Waals surface area contributed by atoms with Crippen molar-refractivity contribution in [3.8, 4) is 55.6 Å². The van der Waals surface area contributed by atoms with Crippen molar-refractivity contribution >= 4 is 60.9 Å². The van der Waals surface area contributed by atoms with Crippen molar-refractivity contribution in [2.45, 2.75) is 0 Å². The lowest BCUT2D eigenvalue weighted by Gasteiger charge is -2.26. The van der Waals surface area contributed by atoms with Crippen LogP contribution in [0.5, 0.6) is 0 Å². The molecule has 10 aromatic carbocycles. The molecule has 0 amide bonds. The zero-order valence-electron chi connectivity index (χ0n) is 34.3. The monoisotopic (exact) mass is 805 g/mol. The smallest absolute Gasteiger partial charge is 0.136 e. The molecule has 2 heterocycles. The van der Waals surface area contributed by atoms with Gasteiger partial charge in [-0.05, 0) is 122 Å². The van der Waals surface area contributed by atoms with E-state index in [0.29, 0.717) is 0 Å². The Kier molecular flexibility index (Phi) is 8.83. The van der Waals surface area contributed by atoms with Crippen molar-refractivity contribution in [3.05, 3.63) is 237 Å². The molecule has 0 saturated carbocycles. The predicted octanol–water partition coefficient (Wildman–Crippen LogP) is 17.3. The van der Waals surface area contributed by atoms with Crippen LogP contribution < -0.4 is 4.90 Å². The van der Waals surface area contributed by atoms with Crippen molar-refractivity contribution in [2.75, 3.05) is 4.90 Å². The van der Waals surface area contributed by atoms with E-state index in [1.165, 1.54) is 33.4 Å². The number of hydrogen-bond donors (Lipinski definition) is 0. The Balaban J connectivity index is 0.927. The molecule has 12 aromatic rings. The zero-order valence-corrected chi connectivity index (χ0v) is 34.3. The largest absolute Gasteiger partial charge is 0.456 e. The molecule has 63 heavy (non-hydrogen) atoms. The number of hydrogen-bond acceptors (Lipinski definition) is 3. The molecular formula is C60H39NO2. The van der Waals surface area contributed by atoms with E-state index in [4.69, 9.17) is 8.83 Å². The van der Waals surface area contributed by atoms with E-state index in [1.807, 2.05) is 6.07 Å². The fraction of sp³-hybridized carbons (Fsp3) is 0. The highest BCUT2D eigenvalue weighted by molar-refractivity contribution is 6.15. The Hall–Kier alpha value is -8.40. The highest BCUT2D eigenvalue weighted by Crippen LogP contribution is 2.42. The Morgan fingerprint density at radius 2 is 0.524 bits per heavy atom. The van der Waals surface area contributed by atoms with Gasteiger partial charge < -0.3 is 13.7 Å². The molecule has 0 radical (unpaired) electrons. The van der Waals surface area contributed by atoms with Crippen LogP contribution in [-0.2, 0) is 0 Å². The number of furan rings is 2. The first-order valence-corrected chi connectivity index (χ1v) is 21.4. The highest BCUT2D eigenvalue weighted by atomic mass is 16.3. The maximum absolute atomic E-state index is 6.56. The Labute approximate surface area is 365 Å². The van der Waals surface area contributed by atoms with Crippen molar-refractivity contribution in [1.82, 2.24) is 0 Å². The summed E-state index contributed by atoms with van der Waals surface area (Å²) >= 11 is 0. The average molecular weight is 806 g/mol. The number of rotatable bonds is 8. The quantitative estimate of drug-likeness (QED) is 0.153. The maximum atomic E-state index is 6.56. The lowest BCUT2D eigenvalue weighted by atomic mass is 9.99. The molecule has 0 aliphatic rings. The molecule has 0 unspecified atom stereocenters. The summed E-state index contributed by atoms with van der Waals surface area (Å²) in [5.74, 6) is 0. The van der Waals surface area contributed by atoms with E-state index in [1.54, 1.807) is 0 Å². The fourth-order valence-electron chi connectivity index (χ4n) is 9.01. The molecule has 0 atom stereocenters. The van der Waals surface area contributed by atoms with E-state index >= 15 is 0 Å². The van der Waals surface area contributed by atoms with Gasteiger partial charge in [-0.1, -0.05) is 170 Å². The molecule has 0 N–H and O–H groups in total. The summed E-state index contributed by atoms with van der Waals surface area (Å²) in [6, 6.07) is 84.1. The first-order valence-electron chi connectivity index (χ1n) is 21.4. The zero-order chi connectivity index (χ0) is 41.7. The van der Waals surface area contributed by atoms with Gasteiger partial charge in [0.1, 0.15) is 22.3 Å². The normalized spacial score (nSPS) is 11.5. The maximum Gasteiger partial charge on any atom is 0.136 e. The number of anilines is 3. The number of fused-ring (bicyclic) bond motifs is 6. The van der Waals surface area contributed by atoms with Gasteiger partial charge in [-0.3, -0.25) is 0 Å². The van der Waals surface area contributed by atoms with Crippen LogP contribution in [0.1, 0.15) is 0 Å². The Bertz CT molecular complexity index is 3430. The van der Waals surface area contributed by atoms with E-state index in [0.717, 1.165) is 83.2 Å². The minimum Gasteiger partial charge on any atom is -0.456 e. The second-order valence-corrected chi connectivity index (χ2v) is 16.1. The summed E-state index contributed by atoms with van der Waals surface area (Å²) in [5, 5.41) is 4.17. The molecular weight excluding hydrogens is 767 g/mol. The summed E-state index contributed by atoms with van der Waals surface area (Å²) in [5.41, 5.74) is 18.3. The number of benzene rings is 10. The third-order valence-electron chi connectivity index (χ3n) is 12.3. The van der Waals surface area contributed by atoms with Gasteiger partial charge in [-0.25, -0.2) is 0 Å². The molecule has 0 bridgehead atoms. The van der Waals surface area contributed by atoms with Crippen molar-refractivity contribution in [2.24, 2.45) is 0 Å². The van der Waals surface area contributed by atoms with E-state index in [-0.39, 0.29) is 0 Å². The molecule has 296 valence electrons. The van der Waals surface area contributed by atoms with Gasteiger partial charge in [-0.15, -0.1) is 0 Å². The summed E-state index contributed by atoms with van der Waals surface area (Å²) in [7, 11) is 0. The third-order valence-corrected chi connectivity index (χ3v) is 12.3. The van der Waals surface area contributed by atoms with Gasteiger partial charge in [-0.2, -0.15) is 0 Å². The summed E-state index contributed by atoms with van der Waals surface area (Å²) in [6.45, 7) is 0. The van der Waals surface area contributed by atoms with Crippen LogP contribution in [-0.4, -0.2) is 0 Å². The standard InChI is InChI=1S/C60H39NO2/c1-4-10-40(11-5-1)43-16-20-45(21-17-43)47-24-29-50(30-25-47)61(51-31-26-48(27-32-51)46-22-18-44(19-23-46)41-12-6-2-7-13-41)52-33-35-57-54(37-52)56-39-59-55(38-60(56)62-57)53-34-28-49(36-58(53)63-59)42-14-8-3-9-15-42/h1-39H. The minimum atomic E-state index is 0.834. The molecule has 0 aliphatic carbocycles. The van der Waals surface area contributed by atoms with Gasteiger partial charge in [0.25, 0.3) is 0 Å². The second-order valence-electron chi connectivity index (χ2n) is 16.1. The minimum absolute atomic E-state index is 0.834. The van der Waals surface area contributed by atoms with Crippen LogP contribution in [0.2, 0.25) is 0 Å². The first kappa shape index (κ1) is 36.5. The highest BCUT2D eigenvalue weighted by Gasteiger charge is 2.18. The Morgan fingerprint density at radius 1 is 0.206 bits per heavy atom. The summed E-state index contributed by atoms with van der Waals surface area (Å²) < 4.78 is 13.1. The SMILES string of the molecule is c1ccc(-c2ccc(-c3ccc(N(c4ccc(-c5ccc(-c6ccccc6)cc5)cc4)c4ccc5oc6cc7c(cc6c5c4)oc4cc(-c5ccccc5)ccc47)cc3)cc2)cc1. The van der Waals surface area contributed by atoms with E-state index in [2.05, 4.69) is 235 Å². The van der Waals surface area contributed by atoms with E-state index < -0.39 is 0 Å². The lowest BCUT2D eigenvalue weighted by molar-refractivity contribution is 0.664. The van der Waals surface area contributed by atoms with Crippen LogP contribution in [0.4, 0.5) is 17.1 Å². The van der Waals surface area contributed by atoms with Crippen LogP contribution in [0.25, 0.3) is 99.5 Å². The molecule has 0 saturated heterocycles. The molecule has 0 fully saturated rings. The fourth-order valence-corrected chi connectivity index (χ4v) is 9.01. The van der Waals surface area contributed by atoms with Gasteiger partial charge in [0.05, 0.1) is 0 Å². The van der Waals surface area contributed by atoms with Crippen LogP contribution in [0.15, 0.2) is 245 Å². The Morgan fingerprint density at radius 3 is 0.984 bits per heavy atom.